The number of carbonyl (C=O) groups is 1. The van der Waals surface area contributed by atoms with Crippen molar-refractivity contribution in [2.24, 2.45) is 5.84 Å². The number of hydrazine groups is 1. The molecule has 8 heteroatoms. The fourth-order valence-corrected chi connectivity index (χ4v) is 3.97. The average Bonchev–Trinajstić information content (AvgIpc) is 2.79. The molecule has 0 atom stereocenters. The van der Waals surface area contributed by atoms with Gasteiger partial charge in [-0.25, -0.2) is 14.3 Å². The Morgan fingerprint density at radius 1 is 1.44 bits per heavy atom. The zero-order valence-electron chi connectivity index (χ0n) is 9.76. The standard InChI is InChI=1S/C10H15N3O3S2/c11-12-10(14)9-8(1-4-17-9)7-13-2-5-18(15,16)6-3-13/h1,4H,2-3,5-7,11H2,(H,12,14). The number of nitrogens with two attached hydrogens (primary N) is 1. The third-order valence-electron chi connectivity index (χ3n) is 2.92. The normalized spacial score (nSPS) is 19.6. The number of amides is 1. The van der Waals surface area contributed by atoms with Gasteiger partial charge in [-0.3, -0.25) is 15.1 Å². The van der Waals surface area contributed by atoms with Gasteiger partial charge in [0.2, 0.25) is 0 Å². The third kappa shape index (κ3) is 3.08. The fourth-order valence-electron chi connectivity index (χ4n) is 1.87. The van der Waals surface area contributed by atoms with Crippen LogP contribution in [0.3, 0.4) is 0 Å². The van der Waals surface area contributed by atoms with Crippen molar-refractivity contribution >= 4 is 27.1 Å². The van der Waals surface area contributed by atoms with E-state index in [-0.39, 0.29) is 17.4 Å². The third-order valence-corrected chi connectivity index (χ3v) is 5.48. The molecule has 2 heterocycles. The highest BCUT2D eigenvalue weighted by Gasteiger charge is 2.23. The van der Waals surface area contributed by atoms with Crippen molar-refractivity contribution in [3.05, 3.63) is 21.9 Å². The fraction of sp³-hybridized carbons (Fsp3) is 0.500. The van der Waals surface area contributed by atoms with Crippen LogP contribution in [-0.4, -0.2) is 43.8 Å². The maximum Gasteiger partial charge on any atom is 0.275 e. The summed E-state index contributed by atoms with van der Waals surface area (Å²) in [6, 6.07) is 1.87. The number of thiophene rings is 1. The lowest BCUT2D eigenvalue weighted by Crippen LogP contribution is -2.40. The quantitative estimate of drug-likeness (QED) is 0.448. The summed E-state index contributed by atoms with van der Waals surface area (Å²) in [6.07, 6.45) is 0. The van der Waals surface area contributed by atoms with Crippen LogP contribution >= 0.6 is 11.3 Å². The van der Waals surface area contributed by atoms with Gasteiger partial charge in [-0.15, -0.1) is 11.3 Å². The molecule has 6 nitrogen and oxygen atoms in total. The van der Waals surface area contributed by atoms with Crippen LogP contribution in [0.1, 0.15) is 15.2 Å². The predicted octanol–water partition coefficient (Wildman–Crippen LogP) is -0.418. The molecule has 1 saturated heterocycles. The van der Waals surface area contributed by atoms with Crippen LogP contribution in [-0.2, 0) is 16.4 Å². The van der Waals surface area contributed by atoms with Crippen molar-refractivity contribution in [1.29, 1.82) is 0 Å². The summed E-state index contributed by atoms with van der Waals surface area (Å²) in [5, 5.41) is 1.83. The number of nitrogen functional groups attached to an aromatic ring is 1. The minimum Gasteiger partial charge on any atom is -0.297 e. The van der Waals surface area contributed by atoms with Crippen LogP contribution < -0.4 is 11.3 Å². The van der Waals surface area contributed by atoms with E-state index >= 15 is 0 Å². The molecule has 0 spiro atoms. The first-order valence-electron chi connectivity index (χ1n) is 5.52. The van der Waals surface area contributed by atoms with Crippen molar-refractivity contribution in [2.75, 3.05) is 24.6 Å². The highest BCUT2D eigenvalue weighted by atomic mass is 32.2. The smallest absolute Gasteiger partial charge is 0.275 e. The summed E-state index contributed by atoms with van der Waals surface area (Å²) >= 11 is 1.33. The van der Waals surface area contributed by atoms with Gasteiger partial charge < -0.3 is 0 Å². The molecule has 1 fully saturated rings. The highest BCUT2D eigenvalue weighted by Crippen LogP contribution is 2.19. The summed E-state index contributed by atoms with van der Waals surface area (Å²) in [4.78, 5) is 14.1. The largest absolute Gasteiger partial charge is 0.297 e. The molecule has 1 aliphatic rings. The van der Waals surface area contributed by atoms with Crippen molar-refractivity contribution in [3.8, 4) is 0 Å². The molecule has 100 valence electrons. The lowest BCUT2D eigenvalue weighted by molar-refractivity contribution is 0.0956. The van der Waals surface area contributed by atoms with Crippen LogP contribution in [0.5, 0.6) is 0 Å². The first-order valence-corrected chi connectivity index (χ1v) is 8.22. The van der Waals surface area contributed by atoms with E-state index in [2.05, 4.69) is 5.43 Å². The average molecular weight is 289 g/mol. The van der Waals surface area contributed by atoms with Crippen LogP contribution in [0.4, 0.5) is 0 Å². The van der Waals surface area contributed by atoms with Gasteiger partial charge in [0.25, 0.3) is 5.91 Å². The SMILES string of the molecule is NNC(=O)c1sccc1CN1CCS(=O)(=O)CC1. The van der Waals surface area contributed by atoms with E-state index in [0.717, 1.165) is 5.56 Å². The molecule has 18 heavy (non-hydrogen) atoms. The monoisotopic (exact) mass is 289 g/mol. The van der Waals surface area contributed by atoms with E-state index < -0.39 is 9.84 Å². The van der Waals surface area contributed by atoms with Gasteiger partial charge in [0.15, 0.2) is 9.84 Å². The highest BCUT2D eigenvalue weighted by molar-refractivity contribution is 7.91. The number of nitrogens with zero attached hydrogens (tertiary/aromatic N) is 1. The minimum atomic E-state index is -2.86. The van der Waals surface area contributed by atoms with Crippen LogP contribution in [0, 0.1) is 0 Å². The van der Waals surface area contributed by atoms with E-state index in [4.69, 9.17) is 5.84 Å². The molecule has 1 aromatic heterocycles. The van der Waals surface area contributed by atoms with E-state index in [1.807, 2.05) is 16.3 Å². The predicted molar refractivity (Wildman–Crippen MR) is 69.9 cm³/mol. The number of carbonyl (C=O) groups excluding carboxylic acids is 1. The van der Waals surface area contributed by atoms with E-state index in [9.17, 15) is 13.2 Å². The topological polar surface area (TPSA) is 92.5 Å². The molecular formula is C10H15N3O3S2. The van der Waals surface area contributed by atoms with Crippen molar-refractivity contribution in [3.63, 3.8) is 0 Å². The Morgan fingerprint density at radius 2 is 2.11 bits per heavy atom. The molecule has 1 amide bonds. The van der Waals surface area contributed by atoms with Crippen LogP contribution in [0.15, 0.2) is 11.4 Å². The lowest BCUT2D eigenvalue weighted by Gasteiger charge is -2.26. The zero-order chi connectivity index (χ0) is 13.2. The maximum atomic E-state index is 11.5. The molecule has 1 aromatic rings. The number of hydrogen-bond donors (Lipinski definition) is 2. The van der Waals surface area contributed by atoms with E-state index in [1.54, 1.807) is 0 Å². The molecule has 0 saturated carbocycles. The Labute approximate surface area is 110 Å². The number of sulfone groups is 1. The summed E-state index contributed by atoms with van der Waals surface area (Å²) in [5.41, 5.74) is 3.01. The first-order chi connectivity index (χ1) is 8.52. The molecule has 0 aliphatic carbocycles. The Morgan fingerprint density at radius 3 is 2.72 bits per heavy atom. The van der Waals surface area contributed by atoms with Crippen molar-refractivity contribution in [1.82, 2.24) is 10.3 Å². The van der Waals surface area contributed by atoms with Gasteiger partial charge in [-0.2, -0.15) is 0 Å². The van der Waals surface area contributed by atoms with Crippen LogP contribution in [0.25, 0.3) is 0 Å². The van der Waals surface area contributed by atoms with E-state index in [0.29, 0.717) is 24.5 Å². The van der Waals surface area contributed by atoms with Gasteiger partial charge in [0, 0.05) is 19.6 Å². The maximum absolute atomic E-state index is 11.5. The van der Waals surface area contributed by atoms with Gasteiger partial charge in [-0.05, 0) is 17.0 Å². The second-order valence-electron chi connectivity index (χ2n) is 4.18. The molecule has 2 rings (SSSR count). The van der Waals surface area contributed by atoms with Gasteiger partial charge >= 0.3 is 0 Å². The van der Waals surface area contributed by atoms with Gasteiger partial charge in [0.05, 0.1) is 16.4 Å². The Hall–Kier alpha value is -0.960. The number of hydrogen-bond acceptors (Lipinski definition) is 6. The van der Waals surface area contributed by atoms with Crippen molar-refractivity contribution in [2.45, 2.75) is 6.54 Å². The van der Waals surface area contributed by atoms with Gasteiger partial charge in [-0.1, -0.05) is 0 Å². The summed E-state index contributed by atoms with van der Waals surface area (Å²) in [6.45, 7) is 1.62. The van der Waals surface area contributed by atoms with Gasteiger partial charge in [0.1, 0.15) is 0 Å². The second-order valence-corrected chi connectivity index (χ2v) is 7.40. The molecule has 1 aliphatic heterocycles. The number of rotatable bonds is 3. The summed E-state index contributed by atoms with van der Waals surface area (Å²) in [7, 11) is -2.86. The second kappa shape index (κ2) is 5.35. The summed E-state index contributed by atoms with van der Waals surface area (Å²) < 4.78 is 22.6. The summed E-state index contributed by atoms with van der Waals surface area (Å²) in [5.74, 6) is 5.19. The molecular weight excluding hydrogens is 274 g/mol. The van der Waals surface area contributed by atoms with E-state index in [1.165, 1.54) is 11.3 Å². The minimum absolute atomic E-state index is 0.190. The Kier molecular flexibility index (Phi) is 4.00. The molecule has 0 radical (unpaired) electrons. The van der Waals surface area contributed by atoms with Crippen molar-refractivity contribution < 1.29 is 13.2 Å². The zero-order valence-corrected chi connectivity index (χ0v) is 11.4. The molecule has 0 aromatic carbocycles. The first kappa shape index (κ1) is 13.5. The molecule has 3 N–H and O–H groups in total. The Bertz CT molecular complexity index is 524. The Balaban J connectivity index is 2.03. The molecule has 0 bridgehead atoms. The van der Waals surface area contributed by atoms with Crippen LogP contribution in [0.2, 0.25) is 0 Å². The number of nitrogens with one attached hydrogen (secondary N) is 1. The lowest BCUT2D eigenvalue weighted by atomic mass is 10.2. The molecule has 0 unspecified atom stereocenters.